The lowest BCUT2D eigenvalue weighted by Crippen LogP contribution is -2.05. The summed E-state index contributed by atoms with van der Waals surface area (Å²) in [6.07, 6.45) is 0.788. The summed E-state index contributed by atoms with van der Waals surface area (Å²) in [7, 11) is 0. The zero-order chi connectivity index (χ0) is 7.56. The number of aryl methyl sites for hydroxylation is 1. The monoisotopic (exact) mass is 177 g/mol. The molecule has 0 bridgehead atoms. The third-order valence-electron chi connectivity index (χ3n) is 1.19. The highest BCUT2D eigenvalue weighted by Crippen LogP contribution is 2.05. The van der Waals surface area contributed by atoms with Gasteiger partial charge < -0.3 is 10.3 Å². The summed E-state index contributed by atoms with van der Waals surface area (Å²) in [4.78, 5) is 4.03. The zero-order valence-corrected chi connectivity index (χ0v) is 7.39. The Kier molecular flexibility index (Phi) is 4.07. The van der Waals surface area contributed by atoms with Crippen molar-refractivity contribution in [1.82, 2.24) is 10.1 Å². The van der Waals surface area contributed by atoms with Gasteiger partial charge in [0.15, 0.2) is 5.82 Å². The highest BCUT2D eigenvalue weighted by molar-refractivity contribution is 5.85. The van der Waals surface area contributed by atoms with E-state index in [1.807, 2.05) is 13.8 Å². The topological polar surface area (TPSA) is 64.9 Å². The number of hydrogen-bond acceptors (Lipinski definition) is 4. The van der Waals surface area contributed by atoms with E-state index in [4.69, 9.17) is 10.3 Å². The van der Waals surface area contributed by atoms with Crippen molar-refractivity contribution in [2.75, 3.05) is 0 Å². The first-order chi connectivity index (χ1) is 4.74. The van der Waals surface area contributed by atoms with Gasteiger partial charge in [-0.05, 0) is 6.92 Å². The Hall–Kier alpha value is -0.610. The molecule has 1 aromatic rings. The molecule has 0 radical (unpaired) electrons. The molecule has 0 aliphatic rings. The van der Waals surface area contributed by atoms with Gasteiger partial charge in [0.05, 0.1) is 6.04 Å². The molecule has 0 aromatic carbocycles. The maximum absolute atomic E-state index is 5.49. The Morgan fingerprint density at radius 3 is 2.55 bits per heavy atom. The van der Waals surface area contributed by atoms with Gasteiger partial charge in [-0.3, -0.25) is 0 Å². The molecule has 0 spiro atoms. The van der Waals surface area contributed by atoms with Gasteiger partial charge in [-0.1, -0.05) is 12.1 Å². The van der Waals surface area contributed by atoms with E-state index >= 15 is 0 Å². The molecule has 1 aromatic heterocycles. The highest BCUT2D eigenvalue weighted by Gasteiger charge is 2.07. The van der Waals surface area contributed by atoms with Crippen molar-refractivity contribution in [1.29, 1.82) is 0 Å². The van der Waals surface area contributed by atoms with E-state index in [0.29, 0.717) is 11.7 Å². The van der Waals surface area contributed by atoms with Crippen molar-refractivity contribution in [3.05, 3.63) is 11.7 Å². The Labute approximate surface area is 71.6 Å². The molecule has 0 aliphatic carbocycles. The van der Waals surface area contributed by atoms with Crippen LogP contribution in [-0.4, -0.2) is 10.1 Å². The van der Waals surface area contributed by atoms with Crippen LogP contribution in [0.4, 0.5) is 0 Å². The van der Waals surface area contributed by atoms with Crippen molar-refractivity contribution < 1.29 is 4.52 Å². The summed E-state index contributed by atoms with van der Waals surface area (Å²) < 4.78 is 4.83. The number of nitrogens with zero attached hydrogens (tertiary/aromatic N) is 2. The summed E-state index contributed by atoms with van der Waals surface area (Å²) in [5.41, 5.74) is 5.49. The fourth-order valence-corrected chi connectivity index (χ4v) is 0.596. The summed E-state index contributed by atoms with van der Waals surface area (Å²) in [6.45, 7) is 3.78. The Morgan fingerprint density at radius 2 is 2.27 bits per heavy atom. The second kappa shape index (κ2) is 4.31. The number of halogens is 1. The first kappa shape index (κ1) is 10.4. The largest absolute Gasteiger partial charge is 0.338 e. The van der Waals surface area contributed by atoms with E-state index in [-0.39, 0.29) is 18.4 Å². The molecule has 2 N–H and O–H groups in total. The average molecular weight is 178 g/mol. The Bertz CT molecular complexity index is 211. The van der Waals surface area contributed by atoms with Gasteiger partial charge in [-0.2, -0.15) is 4.98 Å². The van der Waals surface area contributed by atoms with Gasteiger partial charge in [0.25, 0.3) is 0 Å². The molecular formula is C6H12ClN3O. The number of rotatable bonds is 2. The molecule has 0 saturated heterocycles. The van der Waals surface area contributed by atoms with Crippen molar-refractivity contribution in [3.63, 3.8) is 0 Å². The van der Waals surface area contributed by atoms with Crippen LogP contribution in [0.25, 0.3) is 0 Å². The number of hydrogen-bond donors (Lipinski definition) is 1. The number of nitrogens with two attached hydrogens (primary N) is 1. The van der Waals surface area contributed by atoms with E-state index in [1.54, 1.807) is 0 Å². The molecule has 4 nitrogen and oxygen atoms in total. The summed E-state index contributed by atoms with van der Waals surface area (Å²) in [6, 6.07) is -0.159. The predicted octanol–water partition coefficient (Wildman–Crippen LogP) is 1.07. The number of aromatic nitrogens is 2. The fourth-order valence-electron chi connectivity index (χ4n) is 0.596. The minimum absolute atomic E-state index is 0. The summed E-state index contributed by atoms with van der Waals surface area (Å²) >= 11 is 0. The predicted molar refractivity (Wildman–Crippen MR) is 43.5 cm³/mol. The lowest BCUT2D eigenvalue weighted by Gasteiger charge is -1.92. The van der Waals surface area contributed by atoms with Crippen LogP contribution in [0.5, 0.6) is 0 Å². The van der Waals surface area contributed by atoms with E-state index in [0.717, 1.165) is 6.42 Å². The molecular weight excluding hydrogens is 166 g/mol. The zero-order valence-electron chi connectivity index (χ0n) is 6.57. The standard InChI is InChI=1S/C6H11N3O.ClH/c1-3-5-8-6(4(2)7)10-9-5;/h4H,3,7H2,1-2H3;1H/t4-;/m0./s1. The van der Waals surface area contributed by atoms with Gasteiger partial charge in [-0.25, -0.2) is 0 Å². The molecule has 0 aliphatic heterocycles. The normalized spacial score (nSPS) is 12.3. The van der Waals surface area contributed by atoms with Crippen molar-refractivity contribution in [3.8, 4) is 0 Å². The van der Waals surface area contributed by atoms with Crippen LogP contribution < -0.4 is 5.73 Å². The molecule has 1 rings (SSSR count). The van der Waals surface area contributed by atoms with Crippen LogP contribution >= 0.6 is 12.4 Å². The smallest absolute Gasteiger partial charge is 0.243 e. The third kappa shape index (κ3) is 2.48. The lowest BCUT2D eigenvalue weighted by molar-refractivity contribution is 0.357. The van der Waals surface area contributed by atoms with E-state index in [9.17, 15) is 0 Å². The van der Waals surface area contributed by atoms with Crippen molar-refractivity contribution in [2.45, 2.75) is 26.3 Å². The maximum atomic E-state index is 5.49. The Morgan fingerprint density at radius 1 is 1.64 bits per heavy atom. The van der Waals surface area contributed by atoms with Crippen LogP contribution in [0.2, 0.25) is 0 Å². The van der Waals surface area contributed by atoms with Gasteiger partial charge in [0.2, 0.25) is 5.89 Å². The van der Waals surface area contributed by atoms with E-state index in [1.165, 1.54) is 0 Å². The minimum atomic E-state index is -0.159. The SMILES string of the molecule is CCc1noc([C@H](C)N)n1.Cl. The van der Waals surface area contributed by atoms with Crippen LogP contribution in [-0.2, 0) is 6.42 Å². The average Bonchev–Trinajstić information content (AvgIpc) is 2.34. The molecule has 0 amide bonds. The summed E-state index contributed by atoms with van der Waals surface area (Å²) in [5.74, 6) is 1.23. The van der Waals surface area contributed by atoms with Crippen molar-refractivity contribution in [2.24, 2.45) is 5.73 Å². The quantitative estimate of drug-likeness (QED) is 0.734. The molecule has 5 heteroatoms. The molecule has 1 atom stereocenters. The molecule has 64 valence electrons. The van der Waals surface area contributed by atoms with Gasteiger partial charge in [0.1, 0.15) is 0 Å². The first-order valence-corrected chi connectivity index (χ1v) is 3.32. The third-order valence-corrected chi connectivity index (χ3v) is 1.19. The molecule has 11 heavy (non-hydrogen) atoms. The molecule has 0 saturated carbocycles. The molecule has 1 heterocycles. The van der Waals surface area contributed by atoms with E-state index < -0.39 is 0 Å². The fraction of sp³-hybridized carbons (Fsp3) is 0.667. The Balaban J connectivity index is 0.000001000. The van der Waals surface area contributed by atoms with Crippen LogP contribution in [0.3, 0.4) is 0 Å². The molecule has 0 unspecified atom stereocenters. The van der Waals surface area contributed by atoms with Gasteiger partial charge in [0, 0.05) is 6.42 Å². The second-order valence-corrected chi connectivity index (χ2v) is 2.19. The van der Waals surface area contributed by atoms with Crippen LogP contribution in [0.1, 0.15) is 31.6 Å². The van der Waals surface area contributed by atoms with Crippen LogP contribution in [0.15, 0.2) is 4.52 Å². The second-order valence-electron chi connectivity index (χ2n) is 2.19. The minimum Gasteiger partial charge on any atom is -0.338 e. The molecule has 0 fully saturated rings. The first-order valence-electron chi connectivity index (χ1n) is 3.32. The summed E-state index contributed by atoms with van der Waals surface area (Å²) in [5, 5.41) is 3.69. The van der Waals surface area contributed by atoms with Crippen molar-refractivity contribution >= 4 is 12.4 Å². The lowest BCUT2D eigenvalue weighted by atomic mass is 10.4. The highest BCUT2D eigenvalue weighted by atomic mass is 35.5. The maximum Gasteiger partial charge on any atom is 0.243 e. The van der Waals surface area contributed by atoms with Crippen LogP contribution in [0, 0.1) is 0 Å². The van der Waals surface area contributed by atoms with Gasteiger partial charge in [-0.15, -0.1) is 12.4 Å². The van der Waals surface area contributed by atoms with E-state index in [2.05, 4.69) is 10.1 Å². The van der Waals surface area contributed by atoms with Gasteiger partial charge >= 0.3 is 0 Å².